The lowest BCUT2D eigenvalue weighted by atomic mass is 10.3. The number of rotatable bonds is 6. The number of nitrogens with two attached hydrogens (primary N) is 1. The van der Waals surface area contributed by atoms with Crippen molar-refractivity contribution in [1.29, 1.82) is 0 Å². The van der Waals surface area contributed by atoms with Crippen LogP contribution in [-0.2, 0) is 4.74 Å². The summed E-state index contributed by atoms with van der Waals surface area (Å²) < 4.78 is 6.75. The van der Waals surface area contributed by atoms with Crippen molar-refractivity contribution in [2.24, 2.45) is 5.73 Å². The predicted molar refractivity (Wildman–Crippen MR) is 65.1 cm³/mol. The molecule has 1 saturated carbocycles. The van der Waals surface area contributed by atoms with Gasteiger partial charge in [0.15, 0.2) is 5.82 Å². The van der Waals surface area contributed by atoms with E-state index in [-0.39, 0.29) is 11.6 Å². The Morgan fingerprint density at radius 2 is 2.47 bits per heavy atom. The van der Waals surface area contributed by atoms with Gasteiger partial charge in [-0.15, -0.1) is 0 Å². The van der Waals surface area contributed by atoms with Crippen molar-refractivity contribution in [2.45, 2.75) is 24.9 Å². The summed E-state index contributed by atoms with van der Waals surface area (Å²) in [7, 11) is 1.60. The lowest BCUT2D eigenvalue weighted by Crippen LogP contribution is -2.36. The van der Waals surface area contributed by atoms with Crippen LogP contribution in [0.2, 0.25) is 0 Å². The molecule has 1 aromatic rings. The molecule has 1 heterocycles. The first-order valence-electron chi connectivity index (χ1n) is 5.79. The fraction of sp³-hybridized carbons (Fsp3) is 0.636. The van der Waals surface area contributed by atoms with Crippen LogP contribution in [0.4, 0.5) is 5.82 Å². The normalized spacial score (nSPS) is 16.8. The molecule has 6 nitrogen and oxygen atoms in total. The minimum atomic E-state index is -0.0877. The van der Waals surface area contributed by atoms with E-state index in [0.29, 0.717) is 25.0 Å². The highest BCUT2D eigenvalue weighted by Crippen LogP contribution is 2.33. The molecular formula is C11H18N4O2. The molecule has 1 atom stereocenters. The number of nitrogens with zero attached hydrogens (tertiary/aromatic N) is 2. The standard InChI is InChI=1S/C11H18N4O2/c1-17-7-8(6-12)14-10-11(16)15(5-4-13-10)9-2-3-9/h4-5,8-9H,2-3,6-7,12H2,1H3,(H,13,14). The summed E-state index contributed by atoms with van der Waals surface area (Å²) in [6.07, 6.45) is 5.52. The molecule has 0 amide bonds. The van der Waals surface area contributed by atoms with Gasteiger partial charge in [-0.05, 0) is 12.8 Å². The zero-order chi connectivity index (χ0) is 12.3. The molecule has 1 fully saturated rings. The highest BCUT2D eigenvalue weighted by Gasteiger charge is 2.25. The summed E-state index contributed by atoms with van der Waals surface area (Å²) in [5.41, 5.74) is 5.51. The van der Waals surface area contributed by atoms with Gasteiger partial charge in [0.05, 0.1) is 12.6 Å². The van der Waals surface area contributed by atoms with Crippen molar-refractivity contribution < 1.29 is 4.74 Å². The molecule has 1 aliphatic carbocycles. The Morgan fingerprint density at radius 1 is 1.71 bits per heavy atom. The van der Waals surface area contributed by atoms with Crippen molar-refractivity contribution in [3.8, 4) is 0 Å². The number of hydrogen-bond acceptors (Lipinski definition) is 5. The van der Waals surface area contributed by atoms with E-state index in [9.17, 15) is 4.79 Å². The second-order valence-electron chi connectivity index (χ2n) is 4.25. The van der Waals surface area contributed by atoms with Crippen LogP contribution in [0, 0.1) is 0 Å². The number of nitrogens with one attached hydrogen (secondary N) is 1. The zero-order valence-electron chi connectivity index (χ0n) is 9.93. The third kappa shape index (κ3) is 2.83. The first kappa shape index (κ1) is 12.1. The average molecular weight is 238 g/mol. The van der Waals surface area contributed by atoms with E-state index in [0.717, 1.165) is 12.8 Å². The Labute approximate surface area is 99.8 Å². The van der Waals surface area contributed by atoms with Crippen LogP contribution in [0.3, 0.4) is 0 Å². The van der Waals surface area contributed by atoms with Crippen molar-refractivity contribution in [1.82, 2.24) is 9.55 Å². The second-order valence-corrected chi connectivity index (χ2v) is 4.25. The molecule has 94 valence electrons. The zero-order valence-corrected chi connectivity index (χ0v) is 9.93. The fourth-order valence-electron chi connectivity index (χ4n) is 1.73. The molecule has 1 aliphatic rings. The van der Waals surface area contributed by atoms with Gasteiger partial charge in [-0.1, -0.05) is 0 Å². The molecule has 1 aromatic heterocycles. The van der Waals surface area contributed by atoms with E-state index in [1.807, 2.05) is 0 Å². The largest absolute Gasteiger partial charge is 0.383 e. The topological polar surface area (TPSA) is 82.2 Å². The molecule has 0 aromatic carbocycles. The van der Waals surface area contributed by atoms with E-state index in [1.54, 1.807) is 24.1 Å². The fourth-order valence-corrected chi connectivity index (χ4v) is 1.73. The van der Waals surface area contributed by atoms with Gasteiger partial charge < -0.3 is 20.4 Å². The molecule has 2 rings (SSSR count). The maximum atomic E-state index is 12.1. The van der Waals surface area contributed by atoms with Gasteiger partial charge in [0, 0.05) is 32.1 Å². The summed E-state index contributed by atoms with van der Waals surface area (Å²) in [6.45, 7) is 0.850. The van der Waals surface area contributed by atoms with Crippen LogP contribution in [0.5, 0.6) is 0 Å². The summed E-state index contributed by atoms with van der Waals surface area (Å²) in [4.78, 5) is 16.1. The third-order valence-electron chi connectivity index (χ3n) is 2.80. The Kier molecular flexibility index (Phi) is 3.75. The molecule has 3 N–H and O–H groups in total. The monoisotopic (exact) mass is 238 g/mol. The first-order valence-corrected chi connectivity index (χ1v) is 5.79. The van der Waals surface area contributed by atoms with Gasteiger partial charge in [0.25, 0.3) is 5.56 Å². The number of anilines is 1. The van der Waals surface area contributed by atoms with E-state index < -0.39 is 0 Å². The Balaban J connectivity index is 2.14. The first-order chi connectivity index (χ1) is 8.26. The lowest BCUT2D eigenvalue weighted by molar-refractivity contribution is 0.187. The van der Waals surface area contributed by atoms with Crippen LogP contribution >= 0.6 is 0 Å². The Bertz CT molecular complexity index is 428. The summed E-state index contributed by atoms with van der Waals surface area (Å²) in [5.74, 6) is 0.354. The molecule has 0 aliphatic heterocycles. The summed E-state index contributed by atoms with van der Waals surface area (Å²) in [5, 5.41) is 3.03. The van der Waals surface area contributed by atoms with Gasteiger partial charge in [0.1, 0.15) is 0 Å². The van der Waals surface area contributed by atoms with E-state index in [4.69, 9.17) is 10.5 Å². The van der Waals surface area contributed by atoms with E-state index >= 15 is 0 Å². The number of hydrogen-bond donors (Lipinski definition) is 2. The Hall–Kier alpha value is -1.40. The minimum absolute atomic E-state index is 0.0791. The smallest absolute Gasteiger partial charge is 0.293 e. The third-order valence-corrected chi connectivity index (χ3v) is 2.80. The van der Waals surface area contributed by atoms with Crippen molar-refractivity contribution in [3.63, 3.8) is 0 Å². The molecule has 17 heavy (non-hydrogen) atoms. The van der Waals surface area contributed by atoms with Gasteiger partial charge in [0.2, 0.25) is 0 Å². The maximum absolute atomic E-state index is 12.1. The van der Waals surface area contributed by atoms with Crippen LogP contribution < -0.4 is 16.6 Å². The summed E-state index contributed by atoms with van der Waals surface area (Å²) in [6, 6.07) is 0.264. The molecule has 0 spiro atoms. The van der Waals surface area contributed by atoms with E-state index in [2.05, 4.69) is 10.3 Å². The van der Waals surface area contributed by atoms with Crippen LogP contribution in [0.25, 0.3) is 0 Å². The molecule has 0 bridgehead atoms. The molecule has 0 radical (unpaired) electrons. The number of aromatic nitrogens is 2. The SMILES string of the molecule is COCC(CN)Nc1nccn(C2CC2)c1=O. The Morgan fingerprint density at radius 3 is 3.06 bits per heavy atom. The van der Waals surface area contributed by atoms with Gasteiger partial charge in [-0.2, -0.15) is 0 Å². The number of ether oxygens (including phenoxy) is 1. The van der Waals surface area contributed by atoms with Crippen molar-refractivity contribution >= 4 is 5.82 Å². The highest BCUT2D eigenvalue weighted by atomic mass is 16.5. The van der Waals surface area contributed by atoms with Crippen LogP contribution in [0.1, 0.15) is 18.9 Å². The minimum Gasteiger partial charge on any atom is -0.383 e. The highest BCUT2D eigenvalue weighted by molar-refractivity contribution is 5.32. The second kappa shape index (κ2) is 5.29. The van der Waals surface area contributed by atoms with Gasteiger partial charge in [-0.3, -0.25) is 4.79 Å². The van der Waals surface area contributed by atoms with Crippen LogP contribution in [0.15, 0.2) is 17.2 Å². The molecule has 6 heteroatoms. The lowest BCUT2D eigenvalue weighted by Gasteiger charge is -2.16. The van der Waals surface area contributed by atoms with Crippen molar-refractivity contribution in [3.05, 3.63) is 22.7 Å². The molecular weight excluding hydrogens is 220 g/mol. The van der Waals surface area contributed by atoms with Gasteiger partial charge >= 0.3 is 0 Å². The van der Waals surface area contributed by atoms with Crippen LogP contribution in [-0.4, -0.2) is 35.9 Å². The molecule has 1 unspecified atom stereocenters. The van der Waals surface area contributed by atoms with Crippen molar-refractivity contribution in [2.75, 3.05) is 25.6 Å². The number of methoxy groups -OCH3 is 1. The average Bonchev–Trinajstić information content (AvgIpc) is 3.15. The molecule has 0 saturated heterocycles. The predicted octanol–water partition coefficient (Wildman–Crippen LogP) is -0.0362. The summed E-state index contributed by atoms with van der Waals surface area (Å²) >= 11 is 0. The maximum Gasteiger partial charge on any atom is 0.293 e. The van der Waals surface area contributed by atoms with E-state index in [1.165, 1.54) is 0 Å². The van der Waals surface area contributed by atoms with Gasteiger partial charge in [-0.25, -0.2) is 4.98 Å². The quantitative estimate of drug-likeness (QED) is 0.727.